The van der Waals surface area contributed by atoms with E-state index in [4.69, 9.17) is 0 Å². The van der Waals surface area contributed by atoms with Crippen molar-refractivity contribution in [3.05, 3.63) is 0 Å². The van der Waals surface area contributed by atoms with E-state index in [0.29, 0.717) is 28.3 Å². The molecule has 2 N–H and O–H groups in total. The third kappa shape index (κ3) is 3.70. The highest BCUT2D eigenvalue weighted by Crippen LogP contribution is 2.58. The molecule has 0 aliphatic carbocycles. The molecule has 1 aliphatic heterocycles. The monoisotopic (exact) mass is 338 g/mol. The summed E-state index contributed by atoms with van der Waals surface area (Å²) in [7, 11) is 2.09. The van der Waals surface area contributed by atoms with Crippen molar-refractivity contribution in [2.45, 2.75) is 118 Å². The number of hydrogen-bond donors (Lipinski definition) is 2. The molecule has 0 saturated carbocycles. The van der Waals surface area contributed by atoms with E-state index >= 15 is 0 Å². The van der Waals surface area contributed by atoms with Crippen LogP contribution in [0.5, 0.6) is 0 Å². The van der Waals surface area contributed by atoms with E-state index in [0.717, 1.165) is 0 Å². The van der Waals surface area contributed by atoms with E-state index in [9.17, 15) is 0 Å². The van der Waals surface area contributed by atoms with Crippen LogP contribution in [-0.2, 0) is 0 Å². The zero-order chi connectivity index (χ0) is 18.8. The molecule has 2 nitrogen and oxygen atoms in total. The summed E-state index contributed by atoms with van der Waals surface area (Å²) in [5.74, 6) is 0. The first-order valence-electron chi connectivity index (χ1n) is 10.5. The molecule has 0 aromatic carbocycles. The van der Waals surface area contributed by atoms with E-state index in [1.807, 2.05) is 0 Å². The normalized spacial score (nSPS) is 22.8. The second-order valence-corrected chi connectivity index (χ2v) is 9.54. The molecule has 0 aromatic heterocycles. The van der Waals surface area contributed by atoms with E-state index in [1.54, 1.807) is 0 Å². The molecule has 1 fully saturated rings. The van der Waals surface area contributed by atoms with Gasteiger partial charge in [0.15, 0.2) is 0 Å². The summed E-state index contributed by atoms with van der Waals surface area (Å²) in [6.07, 6.45) is 7.85. The SMILES string of the molecule is CCC(CC)(CC)CC(CC)(CC)C(C)(C)C1NC1C(C)(C)NC. The molecule has 1 aliphatic rings. The summed E-state index contributed by atoms with van der Waals surface area (Å²) in [5, 5.41) is 7.36. The van der Waals surface area contributed by atoms with Crippen LogP contribution in [-0.4, -0.2) is 24.7 Å². The Bertz CT molecular complexity index is 381. The molecular weight excluding hydrogens is 292 g/mol. The fourth-order valence-electron chi connectivity index (χ4n) is 5.36. The predicted molar refractivity (Wildman–Crippen MR) is 109 cm³/mol. The minimum atomic E-state index is 0.159. The van der Waals surface area contributed by atoms with Crippen molar-refractivity contribution in [3.8, 4) is 0 Å². The Hall–Kier alpha value is -0.0800. The summed E-state index contributed by atoms with van der Waals surface area (Å²) in [6.45, 7) is 21.8. The van der Waals surface area contributed by atoms with Crippen molar-refractivity contribution in [2.24, 2.45) is 16.2 Å². The molecule has 1 rings (SSSR count). The van der Waals surface area contributed by atoms with Crippen LogP contribution in [0.15, 0.2) is 0 Å². The highest BCUT2D eigenvalue weighted by atomic mass is 15.2. The third-order valence-electron chi connectivity index (χ3n) is 8.47. The van der Waals surface area contributed by atoms with E-state index in [1.165, 1.54) is 38.5 Å². The van der Waals surface area contributed by atoms with Gasteiger partial charge in [-0.2, -0.15) is 0 Å². The topological polar surface area (TPSA) is 34.0 Å². The second-order valence-electron chi connectivity index (χ2n) is 9.54. The van der Waals surface area contributed by atoms with Gasteiger partial charge in [-0.15, -0.1) is 0 Å². The minimum absolute atomic E-state index is 0.159. The van der Waals surface area contributed by atoms with Crippen LogP contribution < -0.4 is 10.6 Å². The summed E-state index contributed by atoms with van der Waals surface area (Å²) < 4.78 is 0. The Morgan fingerprint density at radius 1 is 0.750 bits per heavy atom. The van der Waals surface area contributed by atoms with E-state index in [-0.39, 0.29) is 5.54 Å². The molecule has 2 unspecified atom stereocenters. The first-order chi connectivity index (χ1) is 11.0. The van der Waals surface area contributed by atoms with Crippen LogP contribution in [0, 0.1) is 16.2 Å². The van der Waals surface area contributed by atoms with Gasteiger partial charge in [0.25, 0.3) is 0 Å². The molecular formula is C22H46N2. The van der Waals surface area contributed by atoms with E-state index in [2.05, 4.69) is 80.0 Å². The van der Waals surface area contributed by atoms with Gasteiger partial charge in [-0.1, -0.05) is 67.7 Å². The summed E-state index contributed by atoms with van der Waals surface area (Å²) >= 11 is 0. The molecule has 1 heterocycles. The van der Waals surface area contributed by atoms with Crippen LogP contribution in [0.25, 0.3) is 0 Å². The highest BCUT2D eigenvalue weighted by molar-refractivity contribution is 5.19. The molecule has 1 saturated heterocycles. The molecule has 2 atom stereocenters. The van der Waals surface area contributed by atoms with Crippen molar-refractivity contribution >= 4 is 0 Å². The van der Waals surface area contributed by atoms with Gasteiger partial charge in [-0.3, -0.25) is 0 Å². The maximum atomic E-state index is 3.85. The molecule has 2 heteroatoms. The van der Waals surface area contributed by atoms with Gasteiger partial charge in [-0.25, -0.2) is 0 Å². The molecule has 0 spiro atoms. The maximum Gasteiger partial charge on any atom is 0.0407 e. The van der Waals surface area contributed by atoms with Gasteiger partial charge < -0.3 is 10.6 Å². The number of hydrogen-bond acceptors (Lipinski definition) is 2. The zero-order valence-corrected chi connectivity index (χ0v) is 18.4. The summed E-state index contributed by atoms with van der Waals surface area (Å²) in [4.78, 5) is 0. The van der Waals surface area contributed by atoms with Gasteiger partial charge in [-0.05, 0) is 56.4 Å². The first kappa shape index (κ1) is 22.0. The largest absolute Gasteiger partial charge is 0.313 e. The molecule has 0 aromatic rings. The lowest BCUT2D eigenvalue weighted by atomic mass is 9.53. The minimum Gasteiger partial charge on any atom is -0.313 e. The summed E-state index contributed by atoms with van der Waals surface area (Å²) in [5.41, 5.74) is 1.38. The molecule has 0 bridgehead atoms. The van der Waals surface area contributed by atoms with Crippen LogP contribution in [0.4, 0.5) is 0 Å². The highest BCUT2D eigenvalue weighted by Gasteiger charge is 2.60. The van der Waals surface area contributed by atoms with Crippen molar-refractivity contribution in [1.82, 2.24) is 10.6 Å². The second kappa shape index (κ2) is 7.66. The fraction of sp³-hybridized carbons (Fsp3) is 1.00. The zero-order valence-electron chi connectivity index (χ0n) is 18.4. The van der Waals surface area contributed by atoms with Gasteiger partial charge in [0.1, 0.15) is 0 Å². The Kier molecular flexibility index (Phi) is 7.01. The fourth-order valence-corrected chi connectivity index (χ4v) is 5.36. The third-order valence-corrected chi connectivity index (χ3v) is 8.47. The van der Waals surface area contributed by atoms with Crippen LogP contribution >= 0.6 is 0 Å². The average Bonchev–Trinajstić information content (AvgIpc) is 3.39. The number of rotatable bonds is 11. The molecule has 24 heavy (non-hydrogen) atoms. The van der Waals surface area contributed by atoms with Gasteiger partial charge in [0.05, 0.1) is 0 Å². The maximum absolute atomic E-state index is 3.85. The Morgan fingerprint density at radius 3 is 1.54 bits per heavy atom. The van der Waals surface area contributed by atoms with Crippen molar-refractivity contribution in [3.63, 3.8) is 0 Å². The smallest absolute Gasteiger partial charge is 0.0407 e. The summed E-state index contributed by atoms with van der Waals surface area (Å²) in [6, 6.07) is 1.19. The number of nitrogens with one attached hydrogen (secondary N) is 2. The first-order valence-corrected chi connectivity index (χ1v) is 10.5. The van der Waals surface area contributed by atoms with Gasteiger partial charge in [0, 0.05) is 17.6 Å². The van der Waals surface area contributed by atoms with E-state index < -0.39 is 0 Å². The quantitative estimate of drug-likeness (QED) is 0.469. The lowest BCUT2D eigenvalue weighted by molar-refractivity contribution is -0.0106. The van der Waals surface area contributed by atoms with Crippen molar-refractivity contribution in [1.29, 1.82) is 0 Å². The van der Waals surface area contributed by atoms with Crippen molar-refractivity contribution < 1.29 is 0 Å². The lowest BCUT2D eigenvalue weighted by Crippen LogP contribution is -2.49. The van der Waals surface area contributed by atoms with Crippen LogP contribution in [0.1, 0.15) is 101 Å². The lowest BCUT2D eigenvalue weighted by Gasteiger charge is -2.52. The van der Waals surface area contributed by atoms with Crippen molar-refractivity contribution in [2.75, 3.05) is 7.05 Å². The number of likely N-dealkylation sites (N-methyl/N-ethyl adjacent to an activating group) is 1. The van der Waals surface area contributed by atoms with Gasteiger partial charge >= 0.3 is 0 Å². The predicted octanol–water partition coefficient (Wildman–Crippen LogP) is 5.76. The van der Waals surface area contributed by atoms with Crippen LogP contribution in [0.2, 0.25) is 0 Å². The Labute approximate surface area is 152 Å². The Balaban J connectivity index is 3.14. The average molecular weight is 339 g/mol. The van der Waals surface area contributed by atoms with Crippen LogP contribution in [0.3, 0.4) is 0 Å². The molecule has 144 valence electrons. The molecule has 0 amide bonds. The Morgan fingerprint density at radius 2 is 1.21 bits per heavy atom. The molecule has 0 radical (unpaired) electrons. The standard InChI is InChI=1S/C22H46N2/c1-11-21(12-2,13-3)16-22(14-4,15-5)19(6,7)17-18(24-17)20(8,9)23-10/h17-18,23-24H,11-16H2,1-10H3. The van der Waals surface area contributed by atoms with Gasteiger partial charge in [0.2, 0.25) is 0 Å².